The predicted molar refractivity (Wildman–Crippen MR) is 86.9 cm³/mol. The lowest BCUT2D eigenvalue weighted by atomic mass is 10.0. The van der Waals surface area contributed by atoms with Crippen LogP contribution in [-0.2, 0) is 0 Å². The van der Waals surface area contributed by atoms with Crippen LogP contribution in [0, 0.1) is 0 Å². The van der Waals surface area contributed by atoms with Crippen LogP contribution in [0.3, 0.4) is 0 Å². The fourth-order valence-electron chi connectivity index (χ4n) is 2.25. The zero-order valence-electron chi connectivity index (χ0n) is 16.2. The third kappa shape index (κ3) is 1.69. The fourth-order valence-corrected chi connectivity index (χ4v) is 2.73. The topological polar surface area (TPSA) is 13.1 Å². The molecule has 20 heavy (non-hydrogen) atoms. The summed E-state index contributed by atoms with van der Waals surface area (Å²) in [5, 5.41) is 0.593. The molecule has 0 atom stereocenters. The Morgan fingerprint density at radius 3 is 2.60 bits per heavy atom. The van der Waals surface area contributed by atoms with Crippen LogP contribution in [0.4, 0.5) is 0 Å². The summed E-state index contributed by atoms with van der Waals surface area (Å²) in [6, 6.07) is 7.71. The SMILES string of the molecule is [2H]c1c([2H])c([2H])c2c(oc3c(-c4ccccc4)c([2H])c([2H])c(Br)c32)c1[2H]. The first-order valence-corrected chi connectivity index (χ1v) is 6.80. The van der Waals surface area contributed by atoms with Crippen molar-refractivity contribution in [3.63, 3.8) is 0 Å². The maximum absolute atomic E-state index is 8.38. The van der Waals surface area contributed by atoms with E-state index < -0.39 is 0 Å². The van der Waals surface area contributed by atoms with Gasteiger partial charge in [0.1, 0.15) is 11.2 Å². The van der Waals surface area contributed by atoms with Gasteiger partial charge in [-0.3, -0.25) is 0 Å². The van der Waals surface area contributed by atoms with Gasteiger partial charge in [0.05, 0.1) is 8.22 Å². The zero-order valence-corrected chi connectivity index (χ0v) is 11.8. The van der Waals surface area contributed by atoms with E-state index in [0.29, 0.717) is 16.5 Å². The lowest BCUT2D eigenvalue weighted by Crippen LogP contribution is -1.79. The van der Waals surface area contributed by atoms with E-state index in [1.165, 1.54) is 0 Å². The van der Waals surface area contributed by atoms with Crippen molar-refractivity contribution in [3.05, 3.63) is 71.1 Å². The molecule has 0 N–H and O–H groups in total. The van der Waals surface area contributed by atoms with Crippen molar-refractivity contribution in [2.45, 2.75) is 0 Å². The van der Waals surface area contributed by atoms with Gasteiger partial charge in [0.25, 0.3) is 0 Å². The highest BCUT2D eigenvalue weighted by Crippen LogP contribution is 2.39. The molecule has 0 amide bonds. The van der Waals surface area contributed by atoms with E-state index in [2.05, 4.69) is 15.9 Å². The van der Waals surface area contributed by atoms with Crippen LogP contribution in [0.25, 0.3) is 33.1 Å². The van der Waals surface area contributed by atoms with Gasteiger partial charge in [0, 0.05) is 20.8 Å². The summed E-state index contributed by atoms with van der Waals surface area (Å²) in [5.41, 5.74) is 1.36. The monoisotopic (exact) mass is 328 g/mol. The molecule has 2 heteroatoms. The lowest BCUT2D eigenvalue weighted by Gasteiger charge is -2.03. The number of furan rings is 1. The quantitative estimate of drug-likeness (QED) is 0.416. The summed E-state index contributed by atoms with van der Waals surface area (Å²) in [5.74, 6) is 0. The van der Waals surface area contributed by atoms with Gasteiger partial charge in [-0.15, -0.1) is 0 Å². The van der Waals surface area contributed by atoms with Crippen LogP contribution < -0.4 is 0 Å². The number of fused-ring (bicyclic) bond motifs is 3. The second-order valence-corrected chi connectivity index (χ2v) is 5.11. The van der Waals surface area contributed by atoms with Crippen LogP contribution >= 0.6 is 15.9 Å². The summed E-state index contributed by atoms with van der Waals surface area (Å²) in [6.07, 6.45) is 0. The molecule has 0 aliphatic carbocycles. The van der Waals surface area contributed by atoms with Gasteiger partial charge in [-0.2, -0.15) is 0 Å². The highest BCUT2D eigenvalue weighted by atomic mass is 79.9. The third-order valence-corrected chi connectivity index (χ3v) is 3.74. The Kier molecular flexibility index (Phi) is 1.59. The van der Waals surface area contributed by atoms with Crippen molar-refractivity contribution in [2.75, 3.05) is 0 Å². The predicted octanol–water partition coefficient (Wildman–Crippen LogP) is 6.02. The number of benzene rings is 3. The van der Waals surface area contributed by atoms with E-state index >= 15 is 0 Å². The number of rotatable bonds is 1. The van der Waals surface area contributed by atoms with Crippen molar-refractivity contribution in [1.29, 1.82) is 0 Å². The van der Waals surface area contributed by atoms with Gasteiger partial charge in [-0.1, -0.05) is 64.4 Å². The summed E-state index contributed by atoms with van der Waals surface area (Å²) in [4.78, 5) is 0. The van der Waals surface area contributed by atoms with Crippen LogP contribution in [-0.4, -0.2) is 0 Å². The maximum Gasteiger partial charge on any atom is 0.144 e. The van der Waals surface area contributed by atoms with E-state index in [-0.39, 0.29) is 57.3 Å². The van der Waals surface area contributed by atoms with E-state index in [1.54, 1.807) is 12.1 Å². The second-order valence-electron chi connectivity index (χ2n) is 4.32. The molecule has 96 valence electrons. The molecule has 0 fully saturated rings. The van der Waals surface area contributed by atoms with Crippen molar-refractivity contribution >= 4 is 37.9 Å². The Hall–Kier alpha value is -2.06. The minimum absolute atomic E-state index is 0.0221. The molecule has 0 bridgehead atoms. The summed E-state index contributed by atoms with van der Waals surface area (Å²) in [6.45, 7) is 0. The zero-order chi connectivity index (χ0) is 18.7. The molecule has 0 unspecified atom stereocenters. The van der Waals surface area contributed by atoms with Crippen LogP contribution in [0.15, 0.2) is 75.5 Å². The summed E-state index contributed by atoms with van der Waals surface area (Å²) in [7, 11) is 0. The number of hydrogen-bond donors (Lipinski definition) is 0. The first-order valence-electron chi connectivity index (χ1n) is 9.01. The van der Waals surface area contributed by atoms with Crippen molar-refractivity contribution in [1.82, 2.24) is 0 Å². The normalized spacial score (nSPS) is 15.4. The van der Waals surface area contributed by atoms with Crippen LogP contribution in [0.1, 0.15) is 8.22 Å². The van der Waals surface area contributed by atoms with Gasteiger partial charge in [0.2, 0.25) is 0 Å². The average Bonchev–Trinajstić information content (AvgIpc) is 3.04. The first-order chi connectivity index (χ1) is 12.3. The van der Waals surface area contributed by atoms with Crippen molar-refractivity contribution < 1.29 is 12.6 Å². The van der Waals surface area contributed by atoms with Gasteiger partial charge < -0.3 is 4.42 Å². The molecule has 4 aromatic rings. The molecule has 1 nitrogen and oxygen atoms in total. The lowest BCUT2D eigenvalue weighted by molar-refractivity contribution is 0.670. The minimum atomic E-state index is -0.379. The highest BCUT2D eigenvalue weighted by Gasteiger charge is 2.14. The van der Waals surface area contributed by atoms with Crippen LogP contribution in [0.2, 0.25) is 0 Å². The van der Waals surface area contributed by atoms with E-state index in [0.717, 1.165) is 0 Å². The van der Waals surface area contributed by atoms with Crippen molar-refractivity contribution in [3.8, 4) is 11.1 Å². The summed E-state index contributed by atoms with van der Waals surface area (Å²) >= 11 is 3.32. The third-order valence-electron chi connectivity index (χ3n) is 3.14. The molecule has 0 saturated heterocycles. The standard InChI is InChI=1S/C18H11BrO/c19-15-11-10-13(12-6-2-1-3-7-12)18-17(15)14-8-4-5-9-16(14)20-18/h1-11H/i4D,5D,8D,9D,10D,11D. The smallest absolute Gasteiger partial charge is 0.144 e. The molecule has 0 aliphatic heterocycles. The van der Waals surface area contributed by atoms with Gasteiger partial charge in [0.15, 0.2) is 0 Å². The maximum atomic E-state index is 8.38. The first kappa shape index (κ1) is 7.09. The molecular formula is C18H11BrO. The van der Waals surface area contributed by atoms with E-state index in [1.807, 2.05) is 18.2 Å². The molecule has 4 rings (SSSR count). The molecular weight excluding hydrogens is 312 g/mol. The van der Waals surface area contributed by atoms with Gasteiger partial charge >= 0.3 is 0 Å². The van der Waals surface area contributed by atoms with E-state index in [4.69, 9.17) is 12.6 Å². The molecule has 0 spiro atoms. The molecule has 0 radical (unpaired) electrons. The highest BCUT2D eigenvalue weighted by molar-refractivity contribution is 9.10. The molecule has 1 heterocycles. The Labute approximate surface area is 133 Å². The van der Waals surface area contributed by atoms with Gasteiger partial charge in [-0.05, 0) is 23.7 Å². The average molecular weight is 329 g/mol. The largest absolute Gasteiger partial charge is 0.455 e. The molecule has 3 aromatic carbocycles. The molecule has 1 aromatic heterocycles. The number of hydrogen-bond acceptors (Lipinski definition) is 1. The minimum Gasteiger partial charge on any atom is -0.455 e. The Balaban J connectivity index is 2.32. The fraction of sp³-hybridized carbons (Fsp3) is 0. The van der Waals surface area contributed by atoms with Gasteiger partial charge in [-0.25, -0.2) is 0 Å². The Bertz CT molecular complexity index is 1200. The van der Waals surface area contributed by atoms with Crippen molar-refractivity contribution in [2.24, 2.45) is 0 Å². The van der Waals surface area contributed by atoms with E-state index in [9.17, 15) is 0 Å². The molecule has 0 aliphatic rings. The second kappa shape index (κ2) is 4.50. The number of halogens is 1. The Morgan fingerprint density at radius 1 is 0.950 bits per heavy atom. The number of para-hydroxylation sites is 1. The van der Waals surface area contributed by atoms with Crippen LogP contribution in [0.5, 0.6) is 0 Å². The molecule has 0 saturated carbocycles. The summed E-state index contributed by atoms with van der Waals surface area (Å²) < 4.78 is 54.9. The Morgan fingerprint density at radius 2 is 1.75 bits per heavy atom.